The second kappa shape index (κ2) is 5.65. The van der Waals surface area contributed by atoms with Crippen molar-refractivity contribution in [3.63, 3.8) is 0 Å². The van der Waals surface area contributed by atoms with Gasteiger partial charge in [-0.25, -0.2) is 0 Å². The molecule has 0 saturated carbocycles. The van der Waals surface area contributed by atoms with E-state index < -0.39 is 0 Å². The Morgan fingerprint density at radius 2 is 1.72 bits per heavy atom. The Morgan fingerprint density at radius 3 is 2.50 bits per heavy atom. The van der Waals surface area contributed by atoms with Gasteiger partial charge in [0.2, 0.25) is 0 Å². The van der Waals surface area contributed by atoms with E-state index in [2.05, 4.69) is 10.0 Å². The standard InChI is InChI=1S/C12H7Cl2N3O/c13-8-4-3-7-11(12(8)14)18-10-6-2-1-5-9(10)16-17-15/h1-7H. The van der Waals surface area contributed by atoms with E-state index in [0.717, 1.165) is 0 Å². The third-order valence-corrected chi connectivity index (χ3v) is 2.96. The molecule has 4 nitrogen and oxygen atoms in total. The van der Waals surface area contributed by atoms with Gasteiger partial charge in [0.05, 0.1) is 10.7 Å². The van der Waals surface area contributed by atoms with Gasteiger partial charge in [0.25, 0.3) is 0 Å². The van der Waals surface area contributed by atoms with Gasteiger partial charge in [0.1, 0.15) is 16.5 Å². The first-order chi connectivity index (χ1) is 8.72. The number of benzene rings is 2. The van der Waals surface area contributed by atoms with Crippen molar-refractivity contribution in [1.29, 1.82) is 0 Å². The fourth-order valence-electron chi connectivity index (χ4n) is 1.36. The third-order valence-electron chi connectivity index (χ3n) is 2.15. The summed E-state index contributed by atoms with van der Waals surface area (Å²) < 4.78 is 5.59. The summed E-state index contributed by atoms with van der Waals surface area (Å²) in [5, 5.41) is 4.25. The Bertz CT molecular complexity index is 624. The van der Waals surface area contributed by atoms with Crippen LogP contribution in [0.4, 0.5) is 5.69 Å². The van der Waals surface area contributed by atoms with Gasteiger partial charge in [-0.2, -0.15) is 0 Å². The highest BCUT2D eigenvalue weighted by atomic mass is 35.5. The summed E-state index contributed by atoms with van der Waals surface area (Å²) in [6.45, 7) is 0. The van der Waals surface area contributed by atoms with Crippen LogP contribution >= 0.6 is 23.2 Å². The molecule has 0 atom stereocenters. The molecule has 0 fully saturated rings. The number of rotatable bonds is 3. The predicted octanol–water partition coefficient (Wildman–Crippen LogP) is 5.73. The van der Waals surface area contributed by atoms with E-state index in [0.29, 0.717) is 27.2 Å². The summed E-state index contributed by atoms with van der Waals surface area (Å²) >= 11 is 11.9. The molecular formula is C12H7Cl2N3O. The van der Waals surface area contributed by atoms with Crippen LogP contribution in [0.3, 0.4) is 0 Å². The SMILES string of the molecule is [N-]=[N+]=Nc1ccccc1Oc1cccc(Cl)c1Cl. The van der Waals surface area contributed by atoms with Gasteiger partial charge < -0.3 is 4.74 Å². The summed E-state index contributed by atoms with van der Waals surface area (Å²) in [5.74, 6) is 0.823. The van der Waals surface area contributed by atoms with E-state index in [4.69, 9.17) is 33.5 Å². The van der Waals surface area contributed by atoms with Crippen LogP contribution in [0, 0.1) is 0 Å². The predicted molar refractivity (Wildman–Crippen MR) is 71.8 cm³/mol. The normalized spacial score (nSPS) is 9.67. The van der Waals surface area contributed by atoms with Crippen LogP contribution in [0.2, 0.25) is 10.0 Å². The maximum atomic E-state index is 8.46. The fourth-order valence-corrected chi connectivity index (χ4v) is 1.69. The van der Waals surface area contributed by atoms with Crippen molar-refractivity contribution in [1.82, 2.24) is 0 Å². The second-order valence-electron chi connectivity index (χ2n) is 3.31. The van der Waals surface area contributed by atoms with Gasteiger partial charge in [0, 0.05) is 4.91 Å². The Kier molecular flexibility index (Phi) is 3.95. The Labute approximate surface area is 113 Å². The van der Waals surface area contributed by atoms with E-state index in [1.54, 1.807) is 42.5 Å². The summed E-state index contributed by atoms with van der Waals surface area (Å²) in [6, 6.07) is 11.9. The summed E-state index contributed by atoms with van der Waals surface area (Å²) in [7, 11) is 0. The average Bonchev–Trinajstić information content (AvgIpc) is 2.37. The van der Waals surface area contributed by atoms with Crippen molar-refractivity contribution in [2.45, 2.75) is 0 Å². The summed E-state index contributed by atoms with van der Waals surface area (Å²) in [5.41, 5.74) is 8.85. The molecule has 0 heterocycles. The molecule has 2 rings (SSSR count). The number of azide groups is 1. The molecule has 0 aliphatic rings. The molecule has 0 aliphatic heterocycles. The van der Waals surface area contributed by atoms with E-state index in [-0.39, 0.29) is 0 Å². The Balaban J connectivity index is 2.40. The lowest BCUT2D eigenvalue weighted by molar-refractivity contribution is 0.484. The maximum absolute atomic E-state index is 8.46. The van der Waals surface area contributed by atoms with Crippen LogP contribution in [0.25, 0.3) is 10.4 Å². The summed E-state index contributed by atoms with van der Waals surface area (Å²) in [6.07, 6.45) is 0. The minimum absolute atomic E-state index is 0.315. The molecule has 0 N–H and O–H groups in total. The van der Waals surface area contributed by atoms with Crippen molar-refractivity contribution >= 4 is 28.9 Å². The van der Waals surface area contributed by atoms with Crippen molar-refractivity contribution in [2.24, 2.45) is 5.11 Å². The first-order valence-electron chi connectivity index (χ1n) is 4.98. The second-order valence-corrected chi connectivity index (χ2v) is 4.10. The van der Waals surface area contributed by atoms with Gasteiger partial charge >= 0.3 is 0 Å². The third kappa shape index (κ3) is 2.68. The number of para-hydroxylation sites is 1. The zero-order valence-corrected chi connectivity index (χ0v) is 10.6. The molecule has 0 aliphatic carbocycles. The average molecular weight is 280 g/mol. The first kappa shape index (κ1) is 12.6. The summed E-state index contributed by atoms with van der Waals surface area (Å²) in [4.78, 5) is 2.73. The highest BCUT2D eigenvalue weighted by Crippen LogP contribution is 2.37. The van der Waals surface area contributed by atoms with E-state index >= 15 is 0 Å². The van der Waals surface area contributed by atoms with E-state index in [1.165, 1.54) is 0 Å². The van der Waals surface area contributed by atoms with Crippen molar-refractivity contribution < 1.29 is 4.74 Å². The highest BCUT2D eigenvalue weighted by Gasteiger charge is 2.08. The van der Waals surface area contributed by atoms with Crippen LogP contribution in [0.15, 0.2) is 47.6 Å². The van der Waals surface area contributed by atoms with Crippen LogP contribution in [-0.4, -0.2) is 0 Å². The van der Waals surface area contributed by atoms with E-state index in [9.17, 15) is 0 Å². The zero-order valence-electron chi connectivity index (χ0n) is 9.05. The van der Waals surface area contributed by atoms with Crippen LogP contribution in [-0.2, 0) is 0 Å². The maximum Gasteiger partial charge on any atom is 0.147 e. The topological polar surface area (TPSA) is 58.0 Å². The van der Waals surface area contributed by atoms with E-state index in [1.807, 2.05) is 0 Å². The smallest absolute Gasteiger partial charge is 0.147 e. The molecule has 0 unspecified atom stereocenters. The van der Waals surface area contributed by atoms with Gasteiger partial charge in [-0.15, -0.1) is 0 Å². The monoisotopic (exact) mass is 279 g/mol. The van der Waals surface area contributed by atoms with Crippen LogP contribution < -0.4 is 4.74 Å². The number of hydrogen-bond donors (Lipinski definition) is 0. The highest BCUT2D eigenvalue weighted by molar-refractivity contribution is 6.42. The van der Waals surface area contributed by atoms with Crippen molar-refractivity contribution in [2.75, 3.05) is 0 Å². The molecule has 90 valence electrons. The molecule has 2 aromatic carbocycles. The molecule has 0 amide bonds. The number of nitrogens with zero attached hydrogens (tertiary/aromatic N) is 3. The lowest BCUT2D eigenvalue weighted by atomic mass is 10.3. The van der Waals surface area contributed by atoms with Gasteiger partial charge in [-0.05, 0) is 29.8 Å². The molecule has 0 aromatic heterocycles. The molecule has 0 spiro atoms. The molecule has 2 aromatic rings. The minimum Gasteiger partial charge on any atom is -0.455 e. The quantitative estimate of drug-likeness (QED) is 0.402. The number of hydrogen-bond acceptors (Lipinski definition) is 2. The fraction of sp³-hybridized carbons (Fsp3) is 0. The molecular weight excluding hydrogens is 273 g/mol. The Morgan fingerprint density at radius 1 is 1.00 bits per heavy atom. The molecule has 0 radical (unpaired) electrons. The van der Waals surface area contributed by atoms with Crippen molar-refractivity contribution in [3.8, 4) is 11.5 Å². The Hall–Kier alpha value is -1.87. The van der Waals surface area contributed by atoms with Crippen LogP contribution in [0.5, 0.6) is 11.5 Å². The molecule has 6 heteroatoms. The van der Waals surface area contributed by atoms with Crippen molar-refractivity contribution in [3.05, 3.63) is 63.0 Å². The van der Waals surface area contributed by atoms with Gasteiger partial charge in [0.15, 0.2) is 0 Å². The minimum atomic E-state index is 0.315. The zero-order chi connectivity index (χ0) is 13.0. The largest absolute Gasteiger partial charge is 0.455 e. The lowest BCUT2D eigenvalue weighted by Gasteiger charge is -2.10. The van der Waals surface area contributed by atoms with Crippen LogP contribution in [0.1, 0.15) is 0 Å². The molecule has 18 heavy (non-hydrogen) atoms. The van der Waals surface area contributed by atoms with Gasteiger partial charge in [-0.1, -0.05) is 46.5 Å². The lowest BCUT2D eigenvalue weighted by Crippen LogP contribution is -1.85. The number of halogens is 2. The molecule has 0 saturated heterocycles. The van der Waals surface area contributed by atoms with Gasteiger partial charge in [-0.3, -0.25) is 0 Å². The number of ether oxygens (including phenoxy) is 1. The molecule has 0 bridgehead atoms. The first-order valence-corrected chi connectivity index (χ1v) is 5.74.